The first kappa shape index (κ1) is 43.1. The molecule has 2 bridgehead atoms. The number of fused-ring (bicyclic) bond motifs is 7. The fraction of sp³-hybridized carbons (Fsp3) is 0.382. The van der Waals surface area contributed by atoms with Crippen molar-refractivity contribution in [2.24, 2.45) is 10.9 Å². The van der Waals surface area contributed by atoms with Gasteiger partial charge in [-0.15, -0.1) is 6.42 Å². The number of alkyl halides is 1. The van der Waals surface area contributed by atoms with Crippen molar-refractivity contribution in [3.05, 3.63) is 125 Å². The lowest BCUT2D eigenvalue weighted by atomic mass is 9.86. The van der Waals surface area contributed by atoms with Gasteiger partial charge in [0.25, 0.3) is 0 Å². The Balaban J connectivity index is 1.12. The second-order valence-electron chi connectivity index (χ2n) is 20.2. The van der Waals surface area contributed by atoms with Crippen LogP contribution in [-0.4, -0.2) is 93.3 Å². The Labute approximate surface area is 389 Å². The maximum Gasteiger partial charge on any atom is 0.410 e. The number of benzene rings is 5. The zero-order valence-corrected chi connectivity index (χ0v) is 38.2. The quantitative estimate of drug-likeness (QED) is 0.117. The molecule has 342 valence electrons. The number of aliphatic imine (C=N–C) groups is 1. The number of hydrogen-bond donors (Lipinski definition) is 0. The molecule has 1 amide bonds. The number of carbonyl (C=O) groups is 1. The molecule has 67 heavy (non-hydrogen) atoms. The third kappa shape index (κ3) is 7.46. The highest BCUT2D eigenvalue weighted by Crippen LogP contribution is 2.49. The van der Waals surface area contributed by atoms with E-state index in [2.05, 4.69) is 22.6 Å². The summed E-state index contributed by atoms with van der Waals surface area (Å²) in [6.07, 6.45) is 8.91. The minimum atomic E-state index is -0.961. The van der Waals surface area contributed by atoms with E-state index in [0.29, 0.717) is 64.9 Å². The summed E-state index contributed by atoms with van der Waals surface area (Å²) in [6, 6.07) is 27.6. The zero-order valence-electron chi connectivity index (χ0n) is 38.2. The van der Waals surface area contributed by atoms with E-state index in [1.54, 1.807) is 12.1 Å². The summed E-state index contributed by atoms with van der Waals surface area (Å²) >= 11 is 0. The van der Waals surface area contributed by atoms with E-state index in [1.807, 2.05) is 98.5 Å². The van der Waals surface area contributed by atoms with Crippen molar-refractivity contribution >= 4 is 45.0 Å². The van der Waals surface area contributed by atoms with Crippen molar-refractivity contribution in [2.75, 3.05) is 31.1 Å². The van der Waals surface area contributed by atoms with Crippen LogP contribution in [0.15, 0.2) is 96.0 Å². The molecule has 6 aromatic rings. The van der Waals surface area contributed by atoms with Gasteiger partial charge in [0, 0.05) is 47.0 Å². The van der Waals surface area contributed by atoms with Crippen LogP contribution >= 0.6 is 0 Å². The van der Waals surface area contributed by atoms with Gasteiger partial charge in [-0.2, -0.15) is 9.97 Å². The summed E-state index contributed by atoms with van der Waals surface area (Å²) in [5.41, 5.74) is 3.26. The number of nitrogens with zero attached hydrogens (tertiary/aromatic N) is 6. The lowest BCUT2D eigenvalue weighted by molar-refractivity contribution is 0.00491. The minimum absolute atomic E-state index is 0.00261. The summed E-state index contributed by atoms with van der Waals surface area (Å²) in [5, 5.41) is 1.54. The molecular formula is C55H53F3N6O3. The Kier molecular flexibility index (Phi) is 10.6. The molecule has 5 aliphatic heterocycles. The fourth-order valence-corrected chi connectivity index (χ4v) is 12.0. The van der Waals surface area contributed by atoms with E-state index in [0.717, 1.165) is 48.9 Å². The lowest BCUT2D eigenvalue weighted by Crippen LogP contribution is -2.63. The first-order valence-corrected chi connectivity index (χ1v) is 23.5. The second kappa shape index (κ2) is 16.4. The topological polar surface area (TPSA) is 83.4 Å². The molecule has 6 atom stereocenters. The van der Waals surface area contributed by atoms with Crippen LogP contribution in [0.4, 0.5) is 29.5 Å². The van der Waals surface area contributed by atoms with Gasteiger partial charge in [0.1, 0.15) is 35.5 Å². The molecule has 0 spiro atoms. The molecule has 4 fully saturated rings. The second-order valence-corrected chi connectivity index (χ2v) is 20.2. The first-order valence-electron chi connectivity index (χ1n) is 23.5. The zero-order chi connectivity index (χ0) is 46.4. The molecule has 0 N–H and O–H groups in total. The van der Waals surface area contributed by atoms with Crippen molar-refractivity contribution < 1.29 is 27.4 Å². The number of hydrogen-bond acceptors (Lipinski definition) is 8. The number of terminal acetylenes is 1. The molecular weight excluding hydrogens is 850 g/mol. The summed E-state index contributed by atoms with van der Waals surface area (Å²) in [7, 11) is 0. The van der Waals surface area contributed by atoms with E-state index >= 15 is 8.78 Å². The summed E-state index contributed by atoms with van der Waals surface area (Å²) < 4.78 is 61.7. The largest absolute Gasteiger partial charge is 0.461 e. The lowest BCUT2D eigenvalue weighted by Gasteiger charge is -2.49. The van der Waals surface area contributed by atoms with Gasteiger partial charge in [-0.3, -0.25) is 9.80 Å². The molecule has 6 heterocycles. The van der Waals surface area contributed by atoms with Crippen LogP contribution in [0.25, 0.3) is 32.8 Å². The average molecular weight is 903 g/mol. The van der Waals surface area contributed by atoms with Crippen molar-refractivity contribution in [1.29, 1.82) is 0 Å². The molecule has 9 nitrogen and oxygen atoms in total. The molecule has 0 unspecified atom stereocenters. The number of rotatable bonds is 7. The van der Waals surface area contributed by atoms with Crippen LogP contribution in [0, 0.1) is 29.9 Å². The first-order chi connectivity index (χ1) is 32.3. The number of carbonyl (C=O) groups excluding carboxylic acids is 1. The summed E-state index contributed by atoms with van der Waals surface area (Å²) in [5.74, 6) is 1.83. The molecule has 12 heteroatoms. The van der Waals surface area contributed by atoms with Crippen LogP contribution in [0.1, 0.15) is 82.1 Å². The number of amides is 1. The molecule has 11 rings (SSSR count). The maximum atomic E-state index is 18.3. The van der Waals surface area contributed by atoms with Gasteiger partial charge in [-0.05, 0) is 106 Å². The Morgan fingerprint density at radius 3 is 2.40 bits per heavy atom. The van der Waals surface area contributed by atoms with Crippen LogP contribution in [0.5, 0.6) is 6.01 Å². The monoisotopic (exact) mass is 902 g/mol. The van der Waals surface area contributed by atoms with Gasteiger partial charge in [-0.1, -0.05) is 79.6 Å². The summed E-state index contributed by atoms with van der Waals surface area (Å²) in [4.78, 5) is 35.6. The highest BCUT2D eigenvalue weighted by molar-refractivity contribution is 6.14. The van der Waals surface area contributed by atoms with E-state index < -0.39 is 28.9 Å². The third-order valence-corrected chi connectivity index (χ3v) is 14.7. The molecule has 1 aromatic heterocycles. The normalized spacial score (nSPS) is 24.3. The van der Waals surface area contributed by atoms with Gasteiger partial charge in [0.05, 0.1) is 40.6 Å². The van der Waals surface area contributed by atoms with Crippen molar-refractivity contribution in [3.8, 4) is 29.5 Å². The standard InChI is InChI=1S/C55H53F3N6O3/c1-6-40-43(57)20-18-35-25-38(59-48(33-14-9-7-10-15-33)34-16-11-8-12-17-34)27-41(45(35)40)42-26-36-24-32(2)50-44-21-19-39(64(44)53(65)67-54(3,4)5)30-63(50)51-46(36)49(47(42)58)60-52(61-51)66-31-55-22-13-23-62(55)29-37(56)28-55/h1,7-12,14-18,20,25-27,32,37,39,44,50H,13,19,21-24,28-31H2,2-5H3/t32-,37+,39+,44-,50-,55-/m0/s1. The van der Waals surface area contributed by atoms with Gasteiger partial charge < -0.3 is 14.4 Å². The third-order valence-electron chi connectivity index (χ3n) is 14.7. The molecule has 0 saturated carbocycles. The number of anilines is 1. The SMILES string of the molecule is C#Cc1c(F)ccc2cc(N=C(c3ccccc3)c3ccccc3)cc(-c3cc4c5c(nc(OC[C@@]67CCCN6C[C@H](F)C7)nc5c3F)N3C[C@H]5CC[C@@H]([C@@H]3[C@@H](C)C4)N5C(=O)OC(C)(C)C)c12. The maximum absolute atomic E-state index is 18.3. The van der Waals surface area contributed by atoms with Gasteiger partial charge in [0.15, 0.2) is 5.82 Å². The van der Waals surface area contributed by atoms with Gasteiger partial charge in [-0.25, -0.2) is 23.0 Å². The molecule has 5 aliphatic rings. The number of ether oxygens (including phenoxy) is 2. The van der Waals surface area contributed by atoms with Crippen molar-refractivity contribution in [2.45, 2.75) is 102 Å². The Morgan fingerprint density at radius 2 is 1.69 bits per heavy atom. The van der Waals surface area contributed by atoms with Crippen LogP contribution in [0.3, 0.4) is 0 Å². The van der Waals surface area contributed by atoms with E-state index in [1.165, 1.54) is 6.07 Å². The van der Waals surface area contributed by atoms with Crippen molar-refractivity contribution in [1.82, 2.24) is 19.8 Å². The fourth-order valence-electron chi connectivity index (χ4n) is 12.0. The molecule has 0 aliphatic carbocycles. The molecule has 4 saturated heterocycles. The van der Waals surface area contributed by atoms with E-state index in [9.17, 15) is 9.18 Å². The molecule has 0 radical (unpaired) electrons. The van der Waals surface area contributed by atoms with Crippen LogP contribution in [-0.2, 0) is 11.2 Å². The van der Waals surface area contributed by atoms with Gasteiger partial charge in [0.2, 0.25) is 0 Å². The smallest absolute Gasteiger partial charge is 0.410 e. The number of aromatic nitrogens is 2. The van der Waals surface area contributed by atoms with E-state index in [-0.39, 0.29) is 59.4 Å². The average Bonchev–Trinajstić information content (AvgIpc) is 3.93. The van der Waals surface area contributed by atoms with Crippen LogP contribution in [0.2, 0.25) is 0 Å². The number of halogens is 3. The van der Waals surface area contributed by atoms with Crippen LogP contribution < -0.4 is 9.64 Å². The predicted molar refractivity (Wildman–Crippen MR) is 256 cm³/mol. The summed E-state index contributed by atoms with van der Waals surface area (Å²) in [6.45, 7) is 9.55. The Morgan fingerprint density at radius 1 is 0.940 bits per heavy atom. The van der Waals surface area contributed by atoms with E-state index in [4.69, 9.17) is 30.9 Å². The number of piperazine rings is 1. The van der Waals surface area contributed by atoms with Crippen molar-refractivity contribution in [3.63, 3.8) is 0 Å². The Bertz CT molecular complexity index is 2980. The van der Waals surface area contributed by atoms with Gasteiger partial charge >= 0.3 is 12.1 Å². The predicted octanol–water partition coefficient (Wildman–Crippen LogP) is 11.0. The molecule has 5 aromatic carbocycles. The highest BCUT2D eigenvalue weighted by atomic mass is 19.1. The minimum Gasteiger partial charge on any atom is -0.461 e. The highest BCUT2D eigenvalue weighted by Gasteiger charge is 2.53. The Hall–Kier alpha value is -6.45.